The summed E-state index contributed by atoms with van der Waals surface area (Å²) in [6.07, 6.45) is 0. The van der Waals surface area contributed by atoms with Crippen molar-refractivity contribution < 1.29 is 13.3 Å². The summed E-state index contributed by atoms with van der Waals surface area (Å²) in [7, 11) is 0. The Bertz CT molecular complexity index is 9720. The highest BCUT2D eigenvalue weighted by molar-refractivity contribution is 7.26. The lowest BCUT2D eigenvalue weighted by Gasteiger charge is -2.11. The van der Waals surface area contributed by atoms with Crippen LogP contribution in [0.5, 0.6) is 0 Å². The van der Waals surface area contributed by atoms with E-state index in [2.05, 4.69) is 340 Å². The van der Waals surface area contributed by atoms with Crippen LogP contribution in [-0.2, 0) is 0 Å². The Morgan fingerprint density at radius 3 is 0.859 bits per heavy atom. The molecule has 0 fully saturated rings. The summed E-state index contributed by atoms with van der Waals surface area (Å²) in [4.78, 5) is 44.9. The predicted molar refractivity (Wildman–Crippen MR) is 584 cm³/mol. The molecule has 0 aliphatic rings. The van der Waals surface area contributed by atoms with Crippen molar-refractivity contribution in [3.05, 3.63) is 467 Å². The third-order valence-electron chi connectivity index (χ3n) is 27.1. The number of hydrogen-bond acceptors (Lipinski definition) is 13. The molecule has 0 spiro atoms. The van der Waals surface area contributed by atoms with Crippen molar-refractivity contribution in [1.82, 2.24) is 44.9 Å². The first-order valence-electron chi connectivity index (χ1n) is 47.4. The van der Waals surface area contributed by atoms with E-state index in [1.165, 1.54) is 74.4 Å². The van der Waals surface area contributed by atoms with Crippen molar-refractivity contribution in [2.45, 2.75) is 0 Å². The monoisotopic (exact) mass is 1830 g/mol. The number of furan rings is 3. The fourth-order valence-electron chi connectivity index (χ4n) is 20.3. The third-order valence-corrected chi connectivity index (χ3v) is 28.3. The Labute approximate surface area is 817 Å². The summed E-state index contributed by atoms with van der Waals surface area (Å²) >= 11 is 1.86. The minimum atomic E-state index is 0.601. The first kappa shape index (κ1) is 82.5. The van der Waals surface area contributed by atoms with Crippen LogP contribution in [0, 0.1) is 0 Å². The Kier molecular flexibility index (Phi) is 20.2. The molecule has 0 bridgehead atoms. The number of thiophene rings is 1. The van der Waals surface area contributed by atoms with E-state index in [1.54, 1.807) is 0 Å². The molecule has 0 unspecified atom stereocenters. The molecule has 7 heterocycles. The fourth-order valence-corrected chi connectivity index (χ4v) is 21.4. The molecule has 0 saturated heterocycles. The van der Waals surface area contributed by atoms with Crippen LogP contribution >= 0.6 is 11.3 Å². The van der Waals surface area contributed by atoms with Crippen molar-refractivity contribution in [2.75, 3.05) is 0 Å². The molecule has 662 valence electrons. The van der Waals surface area contributed by atoms with Crippen molar-refractivity contribution in [1.29, 1.82) is 0 Å². The number of hydrogen-bond donors (Lipinski definition) is 0. The molecule has 0 radical (unpaired) electrons. The van der Waals surface area contributed by atoms with Crippen LogP contribution in [0.4, 0.5) is 0 Å². The molecular weight excluding hydrogens is 1760 g/mol. The third kappa shape index (κ3) is 14.9. The second kappa shape index (κ2) is 34.7. The summed E-state index contributed by atoms with van der Waals surface area (Å²) in [5.74, 6) is 5.74. The van der Waals surface area contributed by atoms with E-state index in [4.69, 9.17) is 58.1 Å². The summed E-state index contributed by atoms with van der Waals surface area (Å²) in [5, 5.41) is 23.5. The number of para-hydroxylation sites is 1. The Morgan fingerprint density at radius 1 is 0.134 bits per heavy atom. The molecule has 29 rings (SSSR count). The average Bonchev–Trinajstić information content (AvgIpc) is 1.59. The molecule has 0 amide bonds. The number of benzene rings is 22. The lowest BCUT2D eigenvalue weighted by molar-refractivity contribution is 0.668. The zero-order valence-electron chi connectivity index (χ0n) is 76.1. The molecule has 22 aromatic carbocycles. The van der Waals surface area contributed by atoms with Gasteiger partial charge >= 0.3 is 0 Å². The molecular formula is C129H77N9O3S. The van der Waals surface area contributed by atoms with Gasteiger partial charge in [0.15, 0.2) is 52.4 Å². The SMILES string of the molecule is c1ccc(-c2nc(-c3ccc(-c4cccc5oc6ccc7ccccc7c6c45)cc3)nc(-c3ccc4ccccc4c3)n2)cc1.c1ccc(-c2nc(-c3ccc(-c4cccc5sc6ccc7ccccc7c6c45)cc3)nc(-c3ccc4ccccc4c3)n2)cc1.c1ccc(-c2nc(-c3ccc4cc(-c5cccc6oc7ccc8ccccc8c7c56)ccc4c3)nc(-c3cccc4oc5ccccc5c34)n2)cc1. The van der Waals surface area contributed by atoms with Gasteiger partial charge in [-0.25, -0.2) is 44.9 Å². The van der Waals surface area contributed by atoms with E-state index in [-0.39, 0.29) is 0 Å². The van der Waals surface area contributed by atoms with Gasteiger partial charge < -0.3 is 13.3 Å². The zero-order valence-corrected chi connectivity index (χ0v) is 76.9. The molecule has 7 aromatic heterocycles. The maximum atomic E-state index is 6.37. The van der Waals surface area contributed by atoms with Crippen molar-refractivity contribution >= 4 is 162 Å². The average molecular weight is 1830 g/mol. The van der Waals surface area contributed by atoms with Gasteiger partial charge in [0.25, 0.3) is 0 Å². The second-order valence-electron chi connectivity index (χ2n) is 35.7. The quantitative estimate of drug-likeness (QED) is 0.114. The van der Waals surface area contributed by atoms with Gasteiger partial charge in [0.1, 0.15) is 33.5 Å². The number of fused-ring (bicyclic) bond motifs is 21. The molecule has 0 N–H and O–H groups in total. The summed E-state index contributed by atoms with van der Waals surface area (Å²) < 4.78 is 21.5. The maximum Gasteiger partial charge on any atom is 0.164 e. The van der Waals surface area contributed by atoms with Gasteiger partial charge in [0, 0.05) is 103 Å². The maximum absolute atomic E-state index is 6.37. The van der Waals surface area contributed by atoms with Gasteiger partial charge in [0.05, 0.1) is 0 Å². The standard InChI is InChI=1S/C47H27N3O2.C41H25N3O.C41H25N3S/c1-2-11-29(12-3-1)45-48-46(50-47(49-45)37-16-9-18-39-42(37)36-14-6-7-17-38(36)51-39)33-23-21-30-26-32(22-20-31(30)27-33)35-15-8-19-40-44(35)43-34-13-5-4-10-28(34)24-25-41(43)52-40;2*1-2-11-29(12-3-1)39-42-40(44-41(43-39)32-22-17-26-9-4-5-13-31(26)25-32)30-20-18-28(19-21-30)34-15-8-16-35-37(34)38-33-14-7-6-10-27(33)23-24-36(38)45-35/h1-27H;2*1-25H. The van der Waals surface area contributed by atoms with E-state index < -0.39 is 0 Å². The summed E-state index contributed by atoms with van der Waals surface area (Å²) in [6.45, 7) is 0. The number of nitrogens with zero attached hydrogens (tertiary/aromatic N) is 9. The molecule has 0 aliphatic carbocycles. The topological polar surface area (TPSA) is 155 Å². The van der Waals surface area contributed by atoms with Gasteiger partial charge in [-0.2, -0.15) is 0 Å². The van der Waals surface area contributed by atoms with Crippen molar-refractivity contribution in [3.8, 4) is 136 Å². The first-order valence-corrected chi connectivity index (χ1v) is 48.2. The van der Waals surface area contributed by atoms with Crippen molar-refractivity contribution in [3.63, 3.8) is 0 Å². The molecule has 29 aromatic rings. The minimum Gasteiger partial charge on any atom is -0.456 e. The normalized spacial score (nSPS) is 11.7. The predicted octanol–water partition coefficient (Wildman–Crippen LogP) is 34.6. The van der Waals surface area contributed by atoms with E-state index in [0.29, 0.717) is 52.4 Å². The lowest BCUT2D eigenvalue weighted by atomic mass is 9.95. The van der Waals surface area contributed by atoms with Gasteiger partial charge in [-0.05, 0) is 171 Å². The van der Waals surface area contributed by atoms with Crippen LogP contribution in [0.3, 0.4) is 0 Å². The molecule has 142 heavy (non-hydrogen) atoms. The Morgan fingerprint density at radius 2 is 0.401 bits per heavy atom. The van der Waals surface area contributed by atoms with Crippen LogP contribution in [0.1, 0.15) is 0 Å². The van der Waals surface area contributed by atoms with Gasteiger partial charge in [-0.3, -0.25) is 0 Å². The van der Waals surface area contributed by atoms with Crippen LogP contribution in [0.25, 0.3) is 286 Å². The zero-order chi connectivity index (χ0) is 93.7. The van der Waals surface area contributed by atoms with Crippen LogP contribution < -0.4 is 0 Å². The van der Waals surface area contributed by atoms with Crippen LogP contribution in [-0.4, -0.2) is 44.9 Å². The van der Waals surface area contributed by atoms with E-state index in [0.717, 1.165) is 160 Å². The summed E-state index contributed by atoms with van der Waals surface area (Å²) in [5.41, 5.74) is 20.6. The fraction of sp³-hybridized carbons (Fsp3) is 0. The lowest BCUT2D eigenvalue weighted by Crippen LogP contribution is -2.00. The van der Waals surface area contributed by atoms with Gasteiger partial charge in [0.2, 0.25) is 0 Å². The summed E-state index contributed by atoms with van der Waals surface area (Å²) in [6, 6.07) is 162. The van der Waals surface area contributed by atoms with Gasteiger partial charge in [-0.1, -0.05) is 394 Å². The van der Waals surface area contributed by atoms with E-state index in [1.807, 2.05) is 139 Å². The largest absolute Gasteiger partial charge is 0.456 e. The molecule has 0 aliphatic heterocycles. The van der Waals surface area contributed by atoms with E-state index in [9.17, 15) is 0 Å². The van der Waals surface area contributed by atoms with Crippen molar-refractivity contribution in [2.24, 2.45) is 0 Å². The molecule has 0 atom stereocenters. The highest BCUT2D eigenvalue weighted by atomic mass is 32.1. The Hall–Kier alpha value is -19.0. The first-order chi connectivity index (χ1) is 70.3. The van der Waals surface area contributed by atoms with Crippen LogP contribution in [0.2, 0.25) is 0 Å². The smallest absolute Gasteiger partial charge is 0.164 e. The second-order valence-corrected chi connectivity index (χ2v) is 36.8. The number of rotatable bonds is 12. The minimum absolute atomic E-state index is 0.601. The number of aromatic nitrogens is 9. The van der Waals surface area contributed by atoms with Crippen LogP contribution in [0.15, 0.2) is 480 Å². The molecule has 13 heteroatoms. The molecule has 0 saturated carbocycles. The van der Waals surface area contributed by atoms with E-state index >= 15 is 0 Å². The molecule has 12 nitrogen and oxygen atoms in total. The highest BCUT2D eigenvalue weighted by Gasteiger charge is 2.25. The highest BCUT2D eigenvalue weighted by Crippen LogP contribution is 2.48. The Balaban J connectivity index is 0.000000107. The van der Waals surface area contributed by atoms with Gasteiger partial charge in [-0.15, -0.1) is 11.3 Å².